The Balaban J connectivity index is 0. The summed E-state index contributed by atoms with van der Waals surface area (Å²) in [6.45, 7) is 13.0. The van der Waals surface area contributed by atoms with Crippen molar-refractivity contribution in [3.63, 3.8) is 0 Å². The largest absolute Gasteiger partial charge is 0.471 e. The third-order valence-corrected chi connectivity index (χ3v) is 1.96. The van der Waals surface area contributed by atoms with Crippen molar-refractivity contribution in [3.8, 4) is 0 Å². The summed E-state index contributed by atoms with van der Waals surface area (Å²) < 4.78 is 14.3. The van der Waals surface area contributed by atoms with Gasteiger partial charge in [0.1, 0.15) is 0 Å². The minimum absolute atomic E-state index is 0.375. The van der Waals surface area contributed by atoms with E-state index < -0.39 is 0 Å². The summed E-state index contributed by atoms with van der Waals surface area (Å²) >= 11 is 0. The molecule has 5 heteroatoms. The lowest BCUT2D eigenvalue weighted by Crippen LogP contribution is -2.38. The molecule has 0 unspecified atom stereocenters. The summed E-state index contributed by atoms with van der Waals surface area (Å²) in [5, 5.41) is 0. The summed E-state index contributed by atoms with van der Waals surface area (Å²) in [4.78, 5) is 11.3. The topological polar surface area (TPSA) is 48.0 Å². The standard InChI is InChI=1S/C8H17NO2.C2H4O2.C2H6/c1-2-10-6-3-9-4-7-11-8-5-9;1-4-2-3;1-2/h2-8H2,1H3;2H,1H3;1-2H3. The third kappa shape index (κ3) is 15.4. The van der Waals surface area contributed by atoms with Crippen LogP contribution in [0.15, 0.2) is 0 Å². The minimum Gasteiger partial charge on any atom is -0.471 e. The monoisotopic (exact) mass is 249 g/mol. The Hall–Kier alpha value is -0.650. The van der Waals surface area contributed by atoms with E-state index in [9.17, 15) is 0 Å². The van der Waals surface area contributed by atoms with E-state index in [2.05, 4.69) is 9.64 Å². The maximum absolute atomic E-state index is 8.95. The number of methoxy groups -OCH3 is 1. The molecule has 1 rings (SSSR count). The zero-order valence-electron chi connectivity index (χ0n) is 11.6. The van der Waals surface area contributed by atoms with E-state index >= 15 is 0 Å². The molecular weight excluding hydrogens is 222 g/mol. The van der Waals surface area contributed by atoms with E-state index in [1.54, 1.807) is 0 Å². The summed E-state index contributed by atoms with van der Waals surface area (Å²) in [6.07, 6.45) is 0. The van der Waals surface area contributed by atoms with E-state index in [0.717, 1.165) is 46.1 Å². The van der Waals surface area contributed by atoms with Gasteiger partial charge in [-0.25, -0.2) is 0 Å². The Labute approximate surface area is 105 Å². The van der Waals surface area contributed by atoms with Gasteiger partial charge in [-0.15, -0.1) is 0 Å². The summed E-state index contributed by atoms with van der Waals surface area (Å²) in [7, 11) is 1.31. The molecule has 1 saturated heterocycles. The van der Waals surface area contributed by atoms with Crippen LogP contribution in [-0.2, 0) is 19.0 Å². The number of nitrogens with zero attached hydrogens (tertiary/aromatic N) is 1. The van der Waals surface area contributed by atoms with Gasteiger partial charge in [-0.05, 0) is 6.92 Å². The van der Waals surface area contributed by atoms with Crippen molar-refractivity contribution in [2.75, 3.05) is 53.2 Å². The predicted octanol–water partition coefficient (Wildman–Crippen LogP) is 1.17. The van der Waals surface area contributed by atoms with E-state index in [4.69, 9.17) is 14.3 Å². The Morgan fingerprint density at radius 2 is 1.82 bits per heavy atom. The minimum atomic E-state index is 0.375. The summed E-state index contributed by atoms with van der Waals surface area (Å²) in [6, 6.07) is 0. The average Bonchev–Trinajstić information content (AvgIpc) is 2.43. The molecule has 0 N–H and O–H groups in total. The van der Waals surface area contributed by atoms with Crippen LogP contribution in [0.3, 0.4) is 0 Å². The lowest BCUT2D eigenvalue weighted by atomic mass is 10.4. The lowest BCUT2D eigenvalue weighted by molar-refractivity contribution is -0.126. The Kier molecular flexibility index (Phi) is 19.5. The van der Waals surface area contributed by atoms with Crippen LogP contribution in [0.5, 0.6) is 0 Å². The molecule has 0 aromatic heterocycles. The fourth-order valence-corrected chi connectivity index (χ4v) is 1.16. The molecule has 17 heavy (non-hydrogen) atoms. The molecule has 0 aromatic rings. The maximum atomic E-state index is 8.95. The number of hydrogen-bond acceptors (Lipinski definition) is 5. The van der Waals surface area contributed by atoms with Crippen LogP contribution in [0.1, 0.15) is 20.8 Å². The molecule has 1 aliphatic rings. The molecule has 0 aromatic carbocycles. The molecule has 0 amide bonds. The highest BCUT2D eigenvalue weighted by atomic mass is 16.5. The first-order valence-electron chi connectivity index (χ1n) is 6.19. The van der Waals surface area contributed by atoms with Crippen molar-refractivity contribution in [1.82, 2.24) is 4.90 Å². The Bertz CT molecular complexity index is 138. The molecule has 1 heterocycles. The fourth-order valence-electron chi connectivity index (χ4n) is 1.16. The second-order valence-corrected chi connectivity index (χ2v) is 2.98. The Morgan fingerprint density at radius 3 is 2.24 bits per heavy atom. The fraction of sp³-hybridized carbons (Fsp3) is 0.917. The quantitative estimate of drug-likeness (QED) is 0.541. The molecule has 1 aliphatic heterocycles. The Morgan fingerprint density at radius 1 is 1.29 bits per heavy atom. The smallest absolute Gasteiger partial charge is 0.292 e. The zero-order chi connectivity index (χ0) is 13.4. The summed E-state index contributed by atoms with van der Waals surface area (Å²) in [5.74, 6) is 0. The second-order valence-electron chi connectivity index (χ2n) is 2.98. The normalized spacial score (nSPS) is 14.8. The van der Waals surface area contributed by atoms with Crippen molar-refractivity contribution in [2.45, 2.75) is 20.8 Å². The van der Waals surface area contributed by atoms with Crippen molar-refractivity contribution in [1.29, 1.82) is 0 Å². The lowest BCUT2D eigenvalue weighted by Gasteiger charge is -2.26. The van der Waals surface area contributed by atoms with Gasteiger partial charge < -0.3 is 14.2 Å². The first kappa shape index (κ1) is 18.7. The zero-order valence-corrected chi connectivity index (χ0v) is 11.6. The van der Waals surface area contributed by atoms with Gasteiger partial charge >= 0.3 is 0 Å². The van der Waals surface area contributed by atoms with E-state index in [1.165, 1.54) is 7.11 Å². The number of ether oxygens (including phenoxy) is 3. The molecule has 0 radical (unpaired) electrons. The highest BCUT2D eigenvalue weighted by molar-refractivity contribution is 5.36. The molecule has 1 fully saturated rings. The number of morpholine rings is 1. The maximum Gasteiger partial charge on any atom is 0.292 e. The van der Waals surface area contributed by atoms with Gasteiger partial charge in [0, 0.05) is 26.2 Å². The number of carbonyl (C=O) groups is 1. The molecule has 104 valence electrons. The first-order valence-corrected chi connectivity index (χ1v) is 6.19. The van der Waals surface area contributed by atoms with Gasteiger partial charge in [0.2, 0.25) is 0 Å². The van der Waals surface area contributed by atoms with Gasteiger partial charge in [0.25, 0.3) is 6.47 Å². The highest BCUT2D eigenvalue weighted by Crippen LogP contribution is 1.95. The first-order chi connectivity index (χ1) is 8.35. The second kappa shape index (κ2) is 17.7. The third-order valence-electron chi connectivity index (χ3n) is 1.96. The predicted molar refractivity (Wildman–Crippen MR) is 68.2 cm³/mol. The van der Waals surface area contributed by atoms with Crippen LogP contribution in [0, 0.1) is 0 Å². The number of carbonyl (C=O) groups excluding carboxylic acids is 1. The van der Waals surface area contributed by atoms with E-state index in [1.807, 2.05) is 20.8 Å². The molecule has 5 nitrogen and oxygen atoms in total. The number of hydrogen-bond donors (Lipinski definition) is 0. The van der Waals surface area contributed by atoms with Gasteiger partial charge in [-0.2, -0.15) is 0 Å². The van der Waals surface area contributed by atoms with Gasteiger partial charge in [0.15, 0.2) is 0 Å². The highest BCUT2D eigenvalue weighted by Gasteiger charge is 2.08. The van der Waals surface area contributed by atoms with E-state index in [0.29, 0.717) is 6.47 Å². The van der Waals surface area contributed by atoms with Gasteiger partial charge in [-0.1, -0.05) is 13.8 Å². The van der Waals surface area contributed by atoms with Crippen molar-refractivity contribution < 1.29 is 19.0 Å². The van der Waals surface area contributed by atoms with Gasteiger partial charge in [-0.3, -0.25) is 9.69 Å². The average molecular weight is 249 g/mol. The molecule has 0 atom stereocenters. The summed E-state index contributed by atoms with van der Waals surface area (Å²) in [5.41, 5.74) is 0. The number of rotatable bonds is 5. The molecular formula is C12H27NO4. The molecule has 0 aliphatic carbocycles. The van der Waals surface area contributed by atoms with E-state index in [-0.39, 0.29) is 0 Å². The van der Waals surface area contributed by atoms with Crippen LogP contribution in [0.4, 0.5) is 0 Å². The van der Waals surface area contributed by atoms with Crippen LogP contribution >= 0.6 is 0 Å². The van der Waals surface area contributed by atoms with Crippen molar-refractivity contribution >= 4 is 6.47 Å². The molecule has 0 bridgehead atoms. The van der Waals surface area contributed by atoms with Crippen LogP contribution in [0.25, 0.3) is 0 Å². The van der Waals surface area contributed by atoms with Crippen LogP contribution < -0.4 is 0 Å². The van der Waals surface area contributed by atoms with Crippen molar-refractivity contribution in [2.24, 2.45) is 0 Å². The van der Waals surface area contributed by atoms with Gasteiger partial charge in [0.05, 0.1) is 26.9 Å². The van der Waals surface area contributed by atoms with Crippen LogP contribution in [-0.4, -0.2) is 64.5 Å². The van der Waals surface area contributed by atoms with Crippen LogP contribution in [0.2, 0.25) is 0 Å². The molecule has 0 saturated carbocycles. The molecule has 0 spiro atoms. The van der Waals surface area contributed by atoms with Crippen molar-refractivity contribution in [3.05, 3.63) is 0 Å². The SMILES string of the molecule is CC.CCOCCN1CCOCC1.COC=O.